The molecule has 0 aliphatic heterocycles. The van der Waals surface area contributed by atoms with E-state index in [4.69, 9.17) is 5.73 Å². The molecule has 0 atom stereocenters. The third-order valence-corrected chi connectivity index (χ3v) is 2.69. The van der Waals surface area contributed by atoms with Crippen LogP contribution in [0, 0.1) is 6.92 Å². The highest BCUT2D eigenvalue weighted by Crippen LogP contribution is 2.39. The third kappa shape index (κ3) is 1.07. The van der Waals surface area contributed by atoms with Gasteiger partial charge in [-0.1, -0.05) is 0 Å². The second-order valence-corrected chi connectivity index (χ2v) is 3.93. The van der Waals surface area contributed by atoms with E-state index in [9.17, 15) is 0 Å². The first kappa shape index (κ1) is 7.79. The van der Waals surface area contributed by atoms with E-state index in [1.807, 2.05) is 23.7 Å². The van der Waals surface area contributed by atoms with Crippen LogP contribution >= 0.6 is 0 Å². The third-order valence-electron chi connectivity index (χ3n) is 2.69. The molecule has 1 aliphatic rings. The Kier molecular flexibility index (Phi) is 1.37. The van der Waals surface area contributed by atoms with E-state index < -0.39 is 0 Å². The van der Waals surface area contributed by atoms with Gasteiger partial charge in [-0.2, -0.15) is 0 Å². The first-order valence-electron chi connectivity index (χ1n) is 4.86. The molecule has 2 N–H and O–H groups in total. The second kappa shape index (κ2) is 2.47. The lowest BCUT2D eigenvalue weighted by Gasteiger charge is -1.98. The lowest BCUT2D eigenvalue weighted by molar-refractivity contribution is 1.05. The van der Waals surface area contributed by atoms with Crippen LogP contribution in [0.1, 0.15) is 30.1 Å². The van der Waals surface area contributed by atoms with Crippen LogP contribution in [0.3, 0.4) is 0 Å². The van der Waals surface area contributed by atoms with Crippen molar-refractivity contribution in [3.05, 3.63) is 23.8 Å². The van der Waals surface area contributed by atoms with E-state index in [1.165, 1.54) is 12.8 Å². The molecule has 0 bridgehead atoms. The molecule has 2 heterocycles. The topological polar surface area (TPSA) is 56.2 Å². The van der Waals surface area contributed by atoms with Crippen LogP contribution in [0.2, 0.25) is 0 Å². The number of nitrogens with two attached hydrogens (primary N) is 1. The Morgan fingerprint density at radius 1 is 1.36 bits per heavy atom. The Hall–Kier alpha value is -1.58. The zero-order valence-electron chi connectivity index (χ0n) is 8.07. The van der Waals surface area contributed by atoms with Gasteiger partial charge >= 0.3 is 0 Å². The molecule has 1 aliphatic carbocycles. The van der Waals surface area contributed by atoms with Gasteiger partial charge in [0, 0.05) is 18.3 Å². The lowest BCUT2D eigenvalue weighted by Crippen LogP contribution is -1.97. The number of nitrogen functional groups attached to an aromatic ring is 1. The summed E-state index contributed by atoms with van der Waals surface area (Å²) in [5, 5.41) is 0. The molecule has 1 fully saturated rings. The highest BCUT2D eigenvalue weighted by atomic mass is 15.1. The number of hydrogen-bond acceptors (Lipinski definition) is 3. The van der Waals surface area contributed by atoms with Crippen molar-refractivity contribution in [3.8, 4) is 0 Å². The van der Waals surface area contributed by atoms with Crippen LogP contribution in [0.25, 0.3) is 5.78 Å². The summed E-state index contributed by atoms with van der Waals surface area (Å²) in [5.74, 6) is 1.43. The fourth-order valence-corrected chi connectivity index (χ4v) is 1.61. The molecule has 2 aromatic rings. The maximum absolute atomic E-state index is 5.78. The van der Waals surface area contributed by atoms with Crippen molar-refractivity contribution in [2.24, 2.45) is 0 Å². The maximum Gasteiger partial charge on any atom is 0.234 e. The summed E-state index contributed by atoms with van der Waals surface area (Å²) in [6.07, 6.45) is 6.45. The first-order chi connectivity index (χ1) is 6.74. The molecule has 4 heteroatoms. The quantitative estimate of drug-likeness (QED) is 0.737. The molecule has 72 valence electrons. The number of nitrogens with zero attached hydrogens (tertiary/aromatic N) is 3. The number of fused-ring (bicyclic) bond motifs is 1. The van der Waals surface area contributed by atoms with Crippen molar-refractivity contribution >= 4 is 11.5 Å². The van der Waals surface area contributed by atoms with Crippen LogP contribution in [-0.2, 0) is 0 Å². The number of hydrogen-bond donors (Lipinski definition) is 1. The largest absolute Gasteiger partial charge is 0.396 e. The summed E-state index contributed by atoms with van der Waals surface area (Å²) in [5.41, 5.74) is 8.50. The number of aryl methyl sites for hydroxylation is 1. The predicted molar refractivity (Wildman–Crippen MR) is 54.1 cm³/mol. The number of anilines is 1. The number of imidazole rings is 1. The van der Waals surface area contributed by atoms with Gasteiger partial charge in [0.2, 0.25) is 5.78 Å². The lowest BCUT2D eigenvalue weighted by atomic mass is 10.3. The predicted octanol–water partition coefficient (Wildman–Crippen LogP) is 1.50. The second-order valence-electron chi connectivity index (χ2n) is 3.93. The minimum Gasteiger partial charge on any atom is -0.396 e. The molecule has 0 amide bonds. The average Bonchev–Trinajstić information content (AvgIpc) is 2.90. The number of rotatable bonds is 1. The standard InChI is InChI=1S/C10H12N4/c1-6-8(11)4-14-5-9(7-2-3-7)13-10(14)12-6/h4-5,7H,2-3,11H2,1H3. The van der Waals surface area contributed by atoms with Crippen molar-refractivity contribution in [2.45, 2.75) is 25.7 Å². The van der Waals surface area contributed by atoms with E-state index in [-0.39, 0.29) is 0 Å². The van der Waals surface area contributed by atoms with E-state index in [0.717, 1.165) is 22.9 Å². The van der Waals surface area contributed by atoms with Gasteiger partial charge in [0.25, 0.3) is 0 Å². The van der Waals surface area contributed by atoms with Gasteiger partial charge in [0.15, 0.2) is 0 Å². The molecule has 4 nitrogen and oxygen atoms in total. The van der Waals surface area contributed by atoms with Crippen LogP contribution in [-0.4, -0.2) is 14.4 Å². The Morgan fingerprint density at radius 3 is 2.86 bits per heavy atom. The maximum atomic E-state index is 5.78. The minimum atomic E-state index is 0.665. The summed E-state index contributed by atoms with van der Waals surface area (Å²) in [6.45, 7) is 1.90. The molecular weight excluding hydrogens is 176 g/mol. The van der Waals surface area contributed by atoms with Gasteiger partial charge in [-0.25, -0.2) is 9.97 Å². The van der Waals surface area contributed by atoms with E-state index in [2.05, 4.69) is 9.97 Å². The van der Waals surface area contributed by atoms with Crippen molar-refractivity contribution in [1.29, 1.82) is 0 Å². The fraction of sp³-hybridized carbons (Fsp3) is 0.400. The normalized spacial score (nSPS) is 16.4. The molecule has 0 saturated heterocycles. The highest BCUT2D eigenvalue weighted by Gasteiger charge is 2.26. The minimum absolute atomic E-state index is 0.665. The molecular formula is C10H12N4. The summed E-state index contributed by atoms with van der Waals surface area (Å²) < 4.78 is 1.91. The van der Waals surface area contributed by atoms with Crippen molar-refractivity contribution < 1.29 is 0 Å². The van der Waals surface area contributed by atoms with E-state index >= 15 is 0 Å². The van der Waals surface area contributed by atoms with Gasteiger partial charge in [0.05, 0.1) is 17.1 Å². The summed E-state index contributed by atoms with van der Waals surface area (Å²) in [6, 6.07) is 0. The fourth-order valence-electron chi connectivity index (χ4n) is 1.61. The van der Waals surface area contributed by atoms with Gasteiger partial charge in [-0.05, 0) is 19.8 Å². The van der Waals surface area contributed by atoms with Crippen molar-refractivity contribution in [2.75, 3.05) is 5.73 Å². The smallest absolute Gasteiger partial charge is 0.234 e. The zero-order valence-corrected chi connectivity index (χ0v) is 8.07. The SMILES string of the molecule is Cc1nc2nc(C3CC3)cn2cc1N. The molecule has 0 aromatic carbocycles. The average molecular weight is 188 g/mol. The van der Waals surface area contributed by atoms with E-state index in [0.29, 0.717) is 5.92 Å². The van der Waals surface area contributed by atoms with Gasteiger partial charge in [-0.15, -0.1) is 0 Å². The first-order valence-corrected chi connectivity index (χ1v) is 4.86. The Labute approximate surface area is 81.8 Å². The summed E-state index contributed by atoms with van der Waals surface area (Å²) in [4.78, 5) is 8.81. The van der Waals surface area contributed by atoms with Gasteiger partial charge < -0.3 is 5.73 Å². The molecule has 3 rings (SSSR count). The Balaban J connectivity index is 2.22. The summed E-state index contributed by atoms with van der Waals surface area (Å²) in [7, 11) is 0. The molecule has 1 saturated carbocycles. The number of aromatic nitrogens is 3. The Bertz CT molecular complexity index is 457. The monoisotopic (exact) mass is 188 g/mol. The van der Waals surface area contributed by atoms with Crippen LogP contribution < -0.4 is 5.73 Å². The van der Waals surface area contributed by atoms with Crippen LogP contribution in [0.5, 0.6) is 0 Å². The summed E-state index contributed by atoms with van der Waals surface area (Å²) >= 11 is 0. The molecule has 2 aromatic heterocycles. The van der Waals surface area contributed by atoms with Gasteiger partial charge in [0.1, 0.15) is 0 Å². The highest BCUT2D eigenvalue weighted by molar-refractivity contribution is 5.46. The van der Waals surface area contributed by atoms with Crippen molar-refractivity contribution in [1.82, 2.24) is 14.4 Å². The molecule has 0 spiro atoms. The van der Waals surface area contributed by atoms with Crippen LogP contribution in [0.4, 0.5) is 5.69 Å². The van der Waals surface area contributed by atoms with Crippen molar-refractivity contribution in [3.63, 3.8) is 0 Å². The Morgan fingerprint density at radius 2 is 2.14 bits per heavy atom. The zero-order chi connectivity index (χ0) is 9.71. The van der Waals surface area contributed by atoms with Crippen LogP contribution in [0.15, 0.2) is 12.4 Å². The molecule has 0 unspecified atom stereocenters. The van der Waals surface area contributed by atoms with Gasteiger partial charge in [-0.3, -0.25) is 4.40 Å². The molecule has 0 radical (unpaired) electrons. The van der Waals surface area contributed by atoms with E-state index in [1.54, 1.807) is 0 Å². The molecule has 14 heavy (non-hydrogen) atoms.